The lowest BCUT2D eigenvalue weighted by molar-refractivity contribution is -0.122. The number of carbonyl (C=O) groups excluding carboxylic acids is 2. The second-order valence-electron chi connectivity index (χ2n) is 6.17. The zero-order chi connectivity index (χ0) is 21.7. The fraction of sp³-hybridized carbons (Fsp3) is 0.0952. The van der Waals surface area contributed by atoms with E-state index in [4.69, 9.17) is 12.2 Å². The number of thioether (sulfide) groups is 1. The summed E-state index contributed by atoms with van der Waals surface area (Å²) < 4.78 is 2.83. The molecule has 154 valence electrons. The van der Waals surface area contributed by atoms with Gasteiger partial charge in [-0.25, -0.2) is 0 Å². The topological polar surface area (TPSA) is 49.4 Å². The van der Waals surface area contributed by atoms with Gasteiger partial charge in [0, 0.05) is 26.4 Å². The molecule has 9 heteroatoms. The van der Waals surface area contributed by atoms with Crippen molar-refractivity contribution in [1.29, 1.82) is 0 Å². The number of nitrogens with one attached hydrogen (secondary N) is 1. The van der Waals surface area contributed by atoms with Gasteiger partial charge in [-0.1, -0.05) is 82.4 Å². The van der Waals surface area contributed by atoms with Crippen LogP contribution in [-0.4, -0.2) is 27.6 Å². The van der Waals surface area contributed by atoms with Gasteiger partial charge in [0.1, 0.15) is 4.32 Å². The van der Waals surface area contributed by atoms with Crippen LogP contribution in [0.1, 0.15) is 12.0 Å². The van der Waals surface area contributed by atoms with Gasteiger partial charge < -0.3 is 5.32 Å². The Kier molecular flexibility index (Phi) is 8.47. The lowest BCUT2D eigenvalue weighted by Crippen LogP contribution is -2.31. The lowest BCUT2D eigenvalue weighted by Gasteiger charge is -2.15. The summed E-state index contributed by atoms with van der Waals surface area (Å²) in [5.41, 5.74) is 1.69. The number of rotatable bonds is 6. The van der Waals surface area contributed by atoms with Crippen molar-refractivity contribution in [3.8, 4) is 0 Å². The Labute approximate surface area is 209 Å². The van der Waals surface area contributed by atoms with Crippen molar-refractivity contribution in [3.63, 3.8) is 0 Å². The minimum absolute atomic E-state index is 0.133. The van der Waals surface area contributed by atoms with Crippen molar-refractivity contribution < 1.29 is 9.59 Å². The number of nitrogens with zero attached hydrogens (tertiary/aromatic N) is 1. The van der Waals surface area contributed by atoms with Crippen molar-refractivity contribution in [2.24, 2.45) is 0 Å². The van der Waals surface area contributed by atoms with Crippen LogP contribution >= 0.6 is 71.8 Å². The number of hydrogen-bond acceptors (Lipinski definition) is 4. The van der Waals surface area contributed by atoms with E-state index in [1.807, 2.05) is 54.6 Å². The van der Waals surface area contributed by atoms with Crippen LogP contribution in [0.3, 0.4) is 0 Å². The first kappa shape index (κ1) is 23.4. The standard InChI is InChI=1S/C21H15Br3N2O2S2/c22-14-11-15(23)19(16(24)12-14)25-18(27)9-10-26-20(28)17(30-21(26)29)8-4-7-13-5-2-1-3-6-13/h1-8,11-12H,9-10H2,(H,25,27)/b7-4+,17-8-. The second kappa shape index (κ2) is 10.9. The van der Waals surface area contributed by atoms with E-state index in [0.717, 1.165) is 19.0 Å². The number of anilines is 1. The van der Waals surface area contributed by atoms with Crippen molar-refractivity contribution >= 4 is 99.7 Å². The number of amides is 2. The molecule has 2 aromatic rings. The van der Waals surface area contributed by atoms with Crippen molar-refractivity contribution in [2.75, 3.05) is 11.9 Å². The summed E-state index contributed by atoms with van der Waals surface area (Å²) >= 11 is 16.8. The Hall–Kier alpha value is -1.26. The predicted octanol–water partition coefficient (Wildman–Crippen LogP) is 6.76. The highest BCUT2D eigenvalue weighted by atomic mass is 79.9. The average molecular weight is 631 g/mol. The SMILES string of the molecule is O=C(CCN1C(=O)/C(=C/C=C/c2ccccc2)SC1=S)Nc1c(Br)cc(Br)cc1Br. The van der Waals surface area contributed by atoms with Crippen LogP contribution in [0.5, 0.6) is 0 Å². The van der Waals surface area contributed by atoms with Gasteiger partial charge in [0.05, 0.1) is 10.6 Å². The summed E-state index contributed by atoms with van der Waals surface area (Å²) in [6.45, 7) is 0.224. The van der Waals surface area contributed by atoms with E-state index in [1.54, 1.807) is 6.08 Å². The molecular formula is C21H15Br3N2O2S2. The largest absolute Gasteiger partial charge is 0.324 e. The Morgan fingerprint density at radius 3 is 2.47 bits per heavy atom. The first-order chi connectivity index (χ1) is 14.3. The quantitative estimate of drug-likeness (QED) is 0.283. The molecule has 1 N–H and O–H groups in total. The molecule has 0 bridgehead atoms. The van der Waals surface area contributed by atoms with Crippen molar-refractivity contribution in [2.45, 2.75) is 6.42 Å². The molecule has 0 saturated carbocycles. The maximum atomic E-state index is 12.6. The molecular weight excluding hydrogens is 616 g/mol. The minimum Gasteiger partial charge on any atom is -0.324 e. The van der Waals surface area contributed by atoms with Crippen LogP contribution in [-0.2, 0) is 9.59 Å². The van der Waals surface area contributed by atoms with E-state index in [0.29, 0.717) is 14.9 Å². The van der Waals surface area contributed by atoms with E-state index in [9.17, 15) is 9.59 Å². The summed E-state index contributed by atoms with van der Waals surface area (Å²) in [6, 6.07) is 13.5. The van der Waals surface area contributed by atoms with Gasteiger partial charge in [0.2, 0.25) is 5.91 Å². The van der Waals surface area contributed by atoms with Gasteiger partial charge in [0.15, 0.2) is 0 Å². The summed E-state index contributed by atoms with van der Waals surface area (Å²) in [5.74, 6) is -0.387. The van der Waals surface area contributed by atoms with E-state index in [-0.39, 0.29) is 24.8 Å². The normalized spacial score (nSPS) is 15.4. The number of hydrogen-bond donors (Lipinski definition) is 1. The summed E-state index contributed by atoms with van der Waals surface area (Å²) in [5, 5.41) is 2.86. The van der Waals surface area contributed by atoms with E-state index >= 15 is 0 Å². The molecule has 2 amide bonds. The molecule has 1 saturated heterocycles. The predicted molar refractivity (Wildman–Crippen MR) is 138 cm³/mol. The molecule has 0 unspecified atom stereocenters. The van der Waals surface area contributed by atoms with Crippen LogP contribution in [0.2, 0.25) is 0 Å². The van der Waals surface area contributed by atoms with Gasteiger partial charge in [0.25, 0.3) is 5.91 Å². The third-order valence-corrected chi connectivity index (χ3v) is 7.15. The van der Waals surface area contributed by atoms with Gasteiger partial charge >= 0.3 is 0 Å². The maximum absolute atomic E-state index is 12.6. The number of allylic oxidation sites excluding steroid dienone is 2. The number of thiocarbonyl (C=S) groups is 1. The van der Waals surface area contributed by atoms with Crippen LogP contribution < -0.4 is 5.32 Å². The van der Waals surface area contributed by atoms with Crippen LogP contribution in [0, 0.1) is 0 Å². The number of benzene rings is 2. The maximum Gasteiger partial charge on any atom is 0.266 e. The lowest BCUT2D eigenvalue weighted by atomic mass is 10.2. The van der Waals surface area contributed by atoms with Crippen molar-refractivity contribution in [3.05, 3.63) is 78.5 Å². The number of carbonyl (C=O) groups is 2. The summed E-state index contributed by atoms with van der Waals surface area (Å²) in [4.78, 5) is 27.1. The van der Waals surface area contributed by atoms with Crippen molar-refractivity contribution in [1.82, 2.24) is 4.90 Å². The van der Waals surface area contributed by atoms with E-state index < -0.39 is 0 Å². The number of halogens is 3. The molecule has 3 rings (SSSR count). The molecule has 1 aliphatic heterocycles. The zero-order valence-corrected chi connectivity index (χ0v) is 21.8. The Bertz CT molecular complexity index is 1030. The second-order valence-corrected chi connectivity index (χ2v) is 10.5. The first-order valence-corrected chi connectivity index (χ1v) is 12.4. The van der Waals surface area contributed by atoms with Gasteiger partial charge in [-0.05, 0) is 55.6 Å². The fourth-order valence-corrected chi connectivity index (χ4v) is 6.31. The van der Waals surface area contributed by atoms with Crippen LogP contribution in [0.15, 0.2) is 72.9 Å². The summed E-state index contributed by atoms with van der Waals surface area (Å²) in [7, 11) is 0. The molecule has 0 aromatic heterocycles. The van der Waals surface area contributed by atoms with Crippen LogP contribution in [0.25, 0.3) is 6.08 Å². The van der Waals surface area contributed by atoms with E-state index in [2.05, 4.69) is 53.1 Å². The summed E-state index contributed by atoms with van der Waals surface area (Å²) in [6.07, 6.45) is 5.64. The highest BCUT2D eigenvalue weighted by Crippen LogP contribution is 2.35. The monoisotopic (exact) mass is 628 g/mol. The average Bonchev–Trinajstić information content (AvgIpc) is 2.97. The molecule has 30 heavy (non-hydrogen) atoms. The molecule has 0 atom stereocenters. The van der Waals surface area contributed by atoms with Crippen LogP contribution in [0.4, 0.5) is 5.69 Å². The molecule has 1 aliphatic rings. The molecule has 0 radical (unpaired) electrons. The smallest absolute Gasteiger partial charge is 0.266 e. The third-order valence-electron chi connectivity index (χ3n) is 4.04. The Morgan fingerprint density at radius 1 is 1.13 bits per heavy atom. The molecule has 4 nitrogen and oxygen atoms in total. The molecule has 0 spiro atoms. The highest BCUT2D eigenvalue weighted by Gasteiger charge is 2.31. The molecule has 0 aliphatic carbocycles. The van der Waals surface area contributed by atoms with Gasteiger partial charge in [-0.3, -0.25) is 14.5 Å². The van der Waals surface area contributed by atoms with E-state index in [1.165, 1.54) is 16.7 Å². The fourth-order valence-electron chi connectivity index (χ4n) is 2.59. The Balaban J connectivity index is 1.59. The third kappa shape index (κ3) is 6.13. The Morgan fingerprint density at radius 2 is 1.80 bits per heavy atom. The molecule has 2 aromatic carbocycles. The molecule has 1 fully saturated rings. The highest BCUT2D eigenvalue weighted by molar-refractivity contribution is 9.11. The minimum atomic E-state index is -0.208. The van der Waals surface area contributed by atoms with Gasteiger partial charge in [-0.15, -0.1) is 0 Å². The first-order valence-electron chi connectivity index (χ1n) is 8.76. The zero-order valence-electron chi connectivity index (χ0n) is 15.4. The van der Waals surface area contributed by atoms with Gasteiger partial charge in [-0.2, -0.15) is 0 Å². The molecule has 1 heterocycles.